The first-order valence-electron chi connectivity index (χ1n) is 8.95. The summed E-state index contributed by atoms with van der Waals surface area (Å²) in [7, 11) is 1.62. The van der Waals surface area contributed by atoms with E-state index in [1.807, 2.05) is 78.9 Å². The SMILES string of the molecule is COc1ccccc1N=Cc1ccc(OCC(=O)NCc2ccccc2)cc1. The Morgan fingerprint density at radius 3 is 2.43 bits per heavy atom. The van der Waals surface area contributed by atoms with Gasteiger partial charge in [-0.3, -0.25) is 9.79 Å². The van der Waals surface area contributed by atoms with Crippen molar-refractivity contribution in [3.63, 3.8) is 0 Å². The summed E-state index contributed by atoms with van der Waals surface area (Å²) in [6.07, 6.45) is 1.76. The molecule has 3 rings (SSSR count). The summed E-state index contributed by atoms with van der Waals surface area (Å²) in [5.74, 6) is 1.19. The third kappa shape index (κ3) is 5.71. The predicted octanol–water partition coefficient (Wildman–Crippen LogP) is 4.14. The third-order valence-electron chi connectivity index (χ3n) is 4.02. The van der Waals surface area contributed by atoms with Gasteiger partial charge in [-0.05, 0) is 47.5 Å². The normalized spacial score (nSPS) is 10.6. The number of hydrogen-bond donors (Lipinski definition) is 1. The molecule has 1 amide bonds. The number of aliphatic imine (C=N–C) groups is 1. The Morgan fingerprint density at radius 2 is 1.68 bits per heavy atom. The van der Waals surface area contributed by atoms with E-state index in [-0.39, 0.29) is 12.5 Å². The molecule has 0 heterocycles. The molecule has 5 nitrogen and oxygen atoms in total. The highest BCUT2D eigenvalue weighted by Gasteiger charge is 2.03. The first-order valence-corrected chi connectivity index (χ1v) is 8.95. The molecule has 1 N–H and O–H groups in total. The van der Waals surface area contributed by atoms with Crippen molar-refractivity contribution >= 4 is 17.8 Å². The summed E-state index contributed by atoms with van der Waals surface area (Å²) in [4.78, 5) is 16.4. The Labute approximate surface area is 164 Å². The van der Waals surface area contributed by atoms with Gasteiger partial charge in [0.05, 0.1) is 7.11 Å². The number of nitrogens with one attached hydrogen (secondary N) is 1. The van der Waals surface area contributed by atoms with E-state index >= 15 is 0 Å². The standard InChI is InChI=1S/C23H22N2O3/c1-27-22-10-6-5-9-21(22)24-15-19-11-13-20(14-12-19)28-17-23(26)25-16-18-7-3-2-4-8-18/h2-15H,16-17H2,1H3,(H,25,26). The van der Waals surface area contributed by atoms with Crippen LogP contribution >= 0.6 is 0 Å². The zero-order valence-corrected chi connectivity index (χ0v) is 15.7. The van der Waals surface area contributed by atoms with E-state index < -0.39 is 0 Å². The lowest BCUT2D eigenvalue weighted by atomic mass is 10.2. The maximum Gasteiger partial charge on any atom is 0.258 e. The minimum absolute atomic E-state index is 0.0263. The summed E-state index contributed by atoms with van der Waals surface area (Å²) in [5, 5.41) is 2.83. The highest BCUT2D eigenvalue weighted by Crippen LogP contribution is 2.26. The van der Waals surface area contributed by atoms with Crippen LogP contribution in [0.15, 0.2) is 83.9 Å². The number of methoxy groups -OCH3 is 1. The molecular weight excluding hydrogens is 352 g/mol. The van der Waals surface area contributed by atoms with Crippen LogP contribution < -0.4 is 14.8 Å². The molecule has 0 spiro atoms. The summed E-state index contributed by atoms with van der Waals surface area (Å²) in [6, 6.07) is 24.7. The molecule has 0 aromatic heterocycles. The number of benzene rings is 3. The molecule has 3 aromatic rings. The lowest BCUT2D eigenvalue weighted by Gasteiger charge is -2.08. The second kappa shape index (κ2) is 9.92. The van der Waals surface area contributed by atoms with Crippen LogP contribution in [0.2, 0.25) is 0 Å². The van der Waals surface area contributed by atoms with Gasteiger partial charge in [-0.1, -0.05) is 42.5 Å². The average Bonchev–Trinajstić information content (AvgIpc) is 2.76. The molecule has 0 bridgehead atoms. The van der Waals surface area contributed by atoms with Crippen LogP contribution in [0.25, 0.3) is 0 Å². The molecule has 0 aliphatic rings. The van der Waals surface area contributed by atoms with Crippen molar-refractivity contribution in [2.75, 3.05) is 13.7 Å². The zero-order chi connectivity index (χ0) is 19.6. The Balaban J connectivity index is 1.49. The molecule has 0 aliphatic heterocycles. The van der Waals surface area contributed by atoms with Crippen LogP contribution in [0.4, 0.5) is 5.69 Å². The largest absolute Gasteiger partial charge is 0.494 e. The predicted molar refractivity (Wildman–Crippen MR) is 110 cm³/mol. The Bertz CT molecular complexity index is 922. The van der Waals surface area contributed by atoms with Crippen LogP contribution in [0.3, 0.4) is 0 Å². The van der Waals surface area contributed by atoms with Crippen LogP contribution in [0.1, 0.15) is 11.1 Å². The van der Waals surface area contributed by atoms with Gasteiger partial charge in [-0.15, -0.1) is 0 Å². The summed E-state index contributed by atoms with van der Waals surface area (Å²) >= 11 is 0. The van der Waals surface area contributed by atoms with Gasteiger partial charge in [0.15, 0.2) is 6.61 Å². The number of nitrogens with zero attached hydrogens (tertiary/aromatic N) is 1. The second-order valence-electron chi connectivity index (χ2n) is 6.05. The van der Waals surface area contributed by atoms with Gasteiger partial charge in [-0.2, -0.15) is 0 Å². The van der Waals surface area contributed by atoms with Crippen molar-refractivity contribution in [3.05, 3.63) is 90.0 Å². The molecule has 0 unspecified atom stereocenters. The van der Waals surface area contributed by atoms with E-state index in [1.54, 1.807) is 13.3 Å². The lowest BCUT2D eigenvalue weighted by Crippen LogP contribution is -2.28. The Kier molecular flexibility index (Phi) is 6.79. The van der Waals surface area contributed by atoms with Crippen molar-refractivity contribution < 1.29 is 14.3 Å². The minimum Gasteiger partial charge on any atom is -0.494 e. The lowest BCUT2D eigenvalue weighted by molar-refractivity contribution is -0.123. The van der Waals surface area contributed by atoms with Crippen LogP contribution in [-0.2, 0) is 11.3 Å². The maximum absolute atomic E-state index is 11.9. The molecular formula is C23H22N2O3. The van der Waals surface area contributed by atoms with Gasteiger partial charge in [0, 0.05) is 12.8 Å². The molecule has 0 saturated carbocycles. The monoisotopic (exact) mass is 374 g/mol. The molecule has 28 heavy (non-hydrogen) atoms. The molecule has 0 aliphatic carbocycles. The summed E-state index contributed by atoms with van der Waals surface area (Å²) in [5.41, 5.74) is 2.74. The quantitative estimate of drug-likeness (QED) is 0.603. The number of amides is 1. The number of carbonyl (C=O) groups excluding carboxylic acids is 1. The number of carbonyl (C=O) groups is 1. The van der Waals surface area contributed by atoms with Crippen LogP contribution in [0.5, 0.6) is 11.5 Å². The number of ether oxygens (including phenoxy) is 2. The van der Waals surface area contributed by atoms with Crippen molar-refractivity contribution in [3.8, 4) is 11.5 Å². The maximum atomic E-state index is 11.9. The van der Waals surface area contributed by atoms with Crippen molar-refractivity contribution in [1.82, 2.24) is 5.32 Å². The molecule has 142 valence electrons. The highest BCUT2D eigenvalue weighted by molar-refractivity contribution is 5.83. The summed E-state index contributed by atoms with van der Waals surface area (Å²) in [6.45, 7) is 0.461. The van der Waals surface area contributed by atoms with Gasteiger partial charge in [0.25, 0.3) is 5.91 Å². The topological polar surface area (TPSA) is 59.9 Å². The van der Waals surface area contributed by atoms with E-state index in [9.17, 15) is 4.79 Å². The smallest absolute Gasteiger partial charge is 0.258 e. The molecule has 0 radical (unpaired) electrons. The minimum atomic E-state index is -0.161. The average molecular weight is 374 g/mol. The second-order valence-corrected chi connectivity index (χ2v) is 6.05. The van der Waals surface area contributed by atoms with Gasteiger partial charge in [0.1, 0.15) is 17.2 Å². The molecule has 0 fully saturated rings. The first kappa shape index (κ1) is 19.2. The number of rotatable bonds is 8. The first-order chi connectivity index (χ1) is 13.7. The Hall–Kier alpha value is -3.60. The summed E-state index contributed by atoms with van der Waals surface area (Å²) < 4.78 is 10.8. The van der Waals surface area contributed by atoms with Gasteiger partial charge < -0.3 is 14.8 Å². The molecule has 5 heteroatoms. The molecule has 0 atom stereocenters. The van der Waals surface area contributed by atoms with E-state index in [0.29, 0.717) is 12.3 Å². The molecule has 0 saturated heterocycles. The fraction of sp³-hybridized carbons (Fsp3) is 0.130. The van der Waals surface area contributed by atoms with Gasteiger partial charge in [-0.25, -0.2) is 0 Å². The fourth-order valence-electron chi connectivity index (χ4n) is 2.53. The van der Waals surface area contributed by atoms with Crippen LogP contribution in [-0.4, -0.2) is 25.8 Å². The third-order valence-corrected chi connectivity index (χ3v) is 4.02. The van der Waals surface area contributed by atoms with E-state index in [0.717, 1.165) is 22.6 Å². The number of hydrogen-bond acceptors (Lipinski definition) is 4. The highest BCUT2D eigenvalue weighted by atomic mass is 16.5. The van der Waals surface area contributed by atoms with Crippen molar-refractivity contribution in [2.45, 2.75) is 6.54 Å². The van der Waals surface area contributed by atoms with E-state index in [1.165, 1.54) is 0 Å². The van der Waals surface area contributed by atoms with Gasteiger partial charge in [0.2, 0.25) is 0 Å². The van der Waals surface area contributed by atoms with Crippen molar-refractivity contribution in [2.24, 2.45) is 4.99 Å². The molecule has 3 aromatic carbocycles. The van der Waals surface area contributed by atoms with Gasteiger partial charge >= 0.3 is 0 Å². The zero-order valence-electron chi connectivity index (χ0n) is 15.7. The fourth-order valence-corrected chi connectivity index (χ4v) is 2.53. The van der Waals surface area contributed by atoms with E-state index in [2.05, 4.69) is 10.3 Å². The van der Waals surface area contributed by atoms with Crippen LogP contribution in [0, 0.1) is 0 Å². The Morgan fingerprint density at radius 1 is 0.964 bits per heavy atom. The number of para-hydroxylation sites is 2. The van der Waals surface area contributed by atoms with Crippen molar-refractivity contribution in [1.29, 1.82) is 0 Å². The van der Waals surface area contributed by atoms with E-state index in [4.69, 9.17) is 9.47 Å².